The molecule has 10 heteroatoms. The van der Waals surface area contributed by atoms with Gasteiger partial charge in [0, 0.05) is 20.6 Å². The summed E-state index contributed by atoms with van der Waals surface area (Å²) >= 11 is 5.69. The maximum absolute atomic E-state index is 11.9. The Kier molecular flexibility index (Phi) is 5.64. The number of hydrogen-bond acceptors (Lipinski definition) is 5. The average Bonchev–Trinajstić information content (AvgIpc) is 2.37. The molecule has 0 aromatic heterocycles. The van der Waals surface area contributed by atoms with Gasteiger partial charge in [0.15, 0.2) is 0 Å². The Labute approximate surface area is 126 Å². The first kappa shape index (κ1) is 17.3. The van der Waals surface area contributed by atoms with Crippen molar-refractivity contribution in [3.8, 4) is 0 Å². The van der Waals surface area contributed by atoms with Crippen LogP contribution >= 0.6 is 11.6 Å². The number of benzene rings is 1. The van der Waals surface area contributed by atoms with Crippen LogP contribution in [-0.2, 0) is 10.0 Å². The lowest BCUT2D eigenvalue weighted by molar-refractivity contribution is -0.385. The molecule has 8 nitrogen and oxygen atoms in total. The summed E-state index contributed by atoms with van der Waals surface area (Å²) in [6, 6.07) is 3.95. The summed E-state index contributed by atoms with van der Waals surface area (Å²) < 4.78 is 24.1. The second kappa shape index (κ2) is 6.83. The van der Waals surface area contributed by atoms with Gasteiger partial charge < -0.3 is 5.32 Å². The van der Waals surface area contributed by atoms with Crippen molar-refractivity contribution in [3.05, 3.63) is 38.9 Å². The highest BCUT2D eigenvalue weighted by Crippen LogP contribution is 2.27. The fourth-order valence-electron chi connectivity index (χ4n) is 1.46. The Balaban J connectivity index is 2.83. The molecule has 0 fully saturated rings. The van der Waals surface area contributed by atoms with Crippen LogP contribution in [0.5, 0.6) is 0 Å². The van der Waals surface area contributed by atoms with Crippen molar-refractivity contribution in [1.82, 2.24) is 9.62 Å². The molecule has 0 aliphatic carbocycles. The Hall–Kier alpha value is -1.71. The summed E-state index contributed by atoms with van der Waals surface area (Å²) in [5.74, 6) is -1.06. The number of nitrogens with zero attached hydrogens (tertiary/aromatic N) is 2. The van der Waals surface area contributed by atoms with E-state index in [0.717, 1.165) is 4.31 Å². The normalized spacial score (nSPS) is 11.4. The number of sulfonamides is 1. The third-order valence-corrected chi connectivity index (χ3v) is 4.75. The van der Waals surface area contributed by atoms with Crippen LogP contribution in [0.3, 0.4) is 0 Å². The van der Waals surface area contributed by atoms with Crippen molar-refractivity contribution in [1.29, 1.82) is 0 Å². The number of carbonyl (C=O) groups excluding carboxylic acids is 1. The van der Waals surface area contributed by atoms with Crippen LogP contribution in [-0.4, -0.2) is 49.9 Å². The molecule has 116 valence electrons. The minimum absolute atomic E-state index is 0.159. The van der Waals surface area contributed by atoms with Crippen molar-refractivity contribution in [2.24, 2.45) is 0 Å². The number of para-hydroxylation sites is 1. The molecule has 1 N–H and O–H groups in total. The van der Waals surface area contributed by atoms with Crippen LogP contribution in [0.15, 0.2) is 18.2 Å². The smallest absolute Gasteiger partial charge is 0.300 e. The fourth-order valence-corrected chi connectivity index (χ4v) is 2.42. The predicted octanol–water partition coefficient (Wildman–Crippen LogP) is 0.869. The van der Waals surface area contributed by atoms with Crippen LogP contribution in [0, 0.1) is 10.1 Å². The molecule has 0 unspecified atom stereocenters. The van der Waals surface area contributed by atoms with Gasteiger partial charge in [0.2, 0.25) is 10.0 Å². The zero-order valence-corrected chi connectivity index (χ0v) is 12.9. The third-order valence-electron chi connectivity index (χ3n) is 2.62. The van der Waals surface area contributed by atoms with Crippen molar-refractivity contribution < 1.29 is 18.1 Å². The molecule has 1 amide bonds. The second-order valence-corrected chi connectivity index (χ2v) is 6.96. The van der Waals surface area contributed by atoms with Gasteiger partial charge in [0.1, 0.15) is 10.6 Å². The molecule has 0 aliphatic heterocycles. The van der Waals surface area contributed by atoms with Crippen LogP contribution in [0.25, 0.3) is 0 Å². The van der Waals surface area contributed by atoms with E-state index >= 15 is 0 Å². The number of nitro groups is 1. The van der Waals surface area contributed by atoms with E-state index in [1.165, 1.54) is 32.3 Å². The number of rotatable bonds is 6. The molecule has 1 rings (SSSR count). The van der Waals surface area contributed by atoms with E-state index in [0.29, 0.717) is 0 Å². The van der Waals surface area contributed by atoms with Crippen LogP contribution in [0.4, 0.5) is 5.69 Å². The molecule has 0 spiro atoms. The number of hydrogen-bond donors (Lipinski definition) is 1. The molecular weight excluding hydrogens is 322 g/mol. The molecule has 1 aromatic rings. The lowest BCUT2D eigenvalue weighted by Crippen LogP contribution is -2.34. The summed E-state index contributed by atoms with van der Waals surface area (Å²) in [5.41, 5.74) is -0.720. The number of nitrogens with one attached hydrogen (secondary N) is 1. The monoisotopic (exact) mass is 335 g/mol. The Morgan fingerprint density at radius 3 is 2.57 bits per heavy atom. The molecule has 0 aliphatic rings. The molecule has 0 atom stereocenters. The number of nitro benzene ring substituents is 1. The average molecular weight is 336 g/mol. The van der Waals surface area contributed by atoms with Gasteiger partial charge in [0.25, 0.3) is 5.91 Å². The van der Waals surface area contributed by atoms with E-state index in [1.807, 2.05) is 0 Å². The van der Waals surface area contributed by atoms with E-state index in [2.05, 4.69) is 5.32 Å². The first-order valence-corrected chi connectivity index (χ1v) is 7.77. The minimum atomic E-state index is -3.45. The van der Waals surface area contributed by atoms with E-state index in [9.17, 15) is 23.3 Å². The predicted molar refractivity (Wildman–Crippen MR) is 77.9 cm³/mol. The number of halogens is 1. The molecule has 0 bridgehead atoms. The van der Waals surface area contributed by atoms with Crippen molar-refractivity contribution >= 4 is 33.2 Å². The largest absolute Gasteiger partial charge is 0.351 e. The fraction of sp³-hybridized carbons (Fsp3) is 0.364. The molecule has 1 aromatic carbocycles. The van der Waals surface area contributed by atoms with E-state index in [4.69, 9.17) is 11.6 Å². The van der Waals surface area contributed by atoms with Crippen LogP contribution in [0.2, 0.25) is 5.02 Å². The van der Waals surface area contributed by atoms with Crippen LogP contribution in [0.1, 0.15) is 10.4 Å². The quantitative estimate of drug-likeness (QED) is 0.612. The van der Waals surface area contributed by atoms with Gasteiger partial charge in [-0.05, 0) is 12.1 Å². The van der Waals surface area contributed by atoms with E-state index < -0.39 is 26.5 Å². The summed E-state index contributed by atoms with van der Waals surface area (Å²) in [7, 11) is -0.704. The highest BCUT2D eigenvalue weighted by Gasteiger charge is 2.23. The molecule has 0 heterocycles. The molecule has 21 heavy (non-hydrogen) atoms. The summed E-state index contributed by atoms with van der Waals surface area (Å²) in [6.45, 7) is -0.164. The second-order valence-electron chi connectivity index (χ2n) is 4.25. The van der Waals surface area contributed by atoms with Gasteiger partial charge >= 0.3 is 5.69 Å². The maximum atomic E-state index is 11.9. The standard InChI is InChI=1S/C11H14ClN3O5S/c1-14(2)21(19,20)7-6-13-11(16)8-4-3-5-9(12)10(8)15(17)18/h3-5H,6-7H2,1-2H3,(H,13,16). The van der Waals surface area contributed by atoms with Crippen molar-refractivity contribution in [2.45, 2.75) is 0 Å². The number of carbonyl (C=O) groups is 1. The first-order chi connectivity index (χ1) is 9.66. The molecular formula is C11H14ClN3O5S. The molecule has 0 radical (unpaired) electrons. The highest BCUT2D eigenvalue weighted by atomic mass is 35.5. The summed E-state index contributed by atoms with van der Waals surface area (Å²) in [5, 5.41) is 13.1. The maximum Gasteiger partial charge on any atom is 0.300 e. The lowest BCUT2D eigenvalue weighted by Gasteiger charge is -2.11. The van der Waals surface area contributed by atoms with Gasteiger partial charge in [-0.1, -0.05) is 17.7 Å². The summed E-state index contributed by atoms with van der Waals surface area (Å²) in [6.07, 6.45) is 0. The van der Waals surface area contributed by atoms with E-state index in [-0.39, 0.29) is 22.9 Å². The number of amides is 1. The lowest BCUT2D eigenvalue weighted by atomic mass is 10.1. The van der Waals surface area contributed by atoms with E-state index in [1.54, 1.807) is 0 Å². The molecule has 0 saturated heterocycles. The molecule has 0 saturated carbocycles. The highest BCUT2D eigenvalue weighted by molar-refractivity contribution is 7.89. The minimum Gasteiger partial charge on any atom is -0.351 e. The van der Waals surface area contributed by atoms with Crippen molar-refractivity contribution in [2.75, 3.05) is 26.4 Å². The van der Waals surface area contributed by atoms with Gasteiger partial charge in [-0.2, -0.15) is 0 Å². The Morgan fingerprint density at radius 1 is 1.43 bits per heavy atom. The van der Waals surface area contributed by atoms with Gasteiger partial charge in [-0.3, -0.25) is 14.9 Å². The van der Waals surface area contributed by atoms with Gasteiger partial charge in [-0.25, -0.2) is 12.7 Å². The van der Waals surface area contributed by atoms with Crippen molar-refractivity contribution in [3.63, 3.8) is 0 Å². The van der Waals surface area contributed by atoms with Gasteiger partial charge in [0.05, 0.1) is 10.7 Å². The SMILES string of the molecule is CN(C)S(=O)(=O)CCNC(=O)c1cccc(Cl)c1[N+](=O)[O-]. The Bertz CT molecular complexity index is 660. The first-order valence-electron chi connectivity index (χ1n) is 5.78. The third kappa shape index (κ3) is 4.38. The Morgan fingerprint density at radius 2 is 2.05 bits per heavy atom. The zero-order chi connectivity index (χ0) is 16.2. The van der Waals surface area contributed by atoms with Gasteiger partial charge in [-0.15, -0.1) is 0 Å². The zero-order valence-electron chi connectivity index (χ0n) is 11.4. The topological polar surface area (TPSA) is 110 Å². The summed E-state index contributed by atoms with van der Waals surface area (Å²) in [4.78, 5) is 22.0. The van der Waals surface area contributed by atoms with Crippen LogP contribution < -0.4 is 5.32 Å².